The fraction of sp³-hybridized carbons (Fsp3) is 0.615. The van der Waals surface area contributed by atoms with Crippen LogP contribution in [0.25, 0.3) is 0 Å². The van der Waals surface area contributed by atoms with E-state index < -0.39 is 0 Å². The first-order valence-electron chi connectivity index (χ1n) is 6.63. The van der Waals surface area contributed by atoms with Gasteiger partial charge in [0, 0.05) is 24.8 Å². The number of rotatable bonds is 3. The summed E-state index contributed by atoms with van der Waals surface area (Å²) in [5.41, 5.74) is 6.57. The third-order valence-corrected chi connectivity index (χ3v) is 3.19. The number of aryl methyl sites for hydroxylation is 1. The Bertz CT molecular complexity index is 444. The lowest BCUT2D eigenvalue weighted by atomic mass is 9.98. The maximum Gasteiger partial charge on any atom is 0.310 e. The number of ether oxygens (including phenoxy) is 1. The first-order chi connectivity index (χ1) is 9.10. The zero-order valence-electron chi connectivity index (χ0n) is 11.4. The molecule has 1 saturated heterocycles. The maximum absolute atomic E-state index is 11.8. The number of esters is 1. The summed E-state index contributed by atoms with van der Waals surface area (Å²) in [5.74, 6) is 0.833. The van der Waals surface area contributed by atoms with Crippen LogP contribution in [0.5, 0.6) is 0 Å². The third kappa shape index (κ3) is 3.33. The number of nitrogens with two attached hydrogens (primary N) is 1. The van der Waals surface area contributed by atoms with Crippen LogP contribution in [0.3, 0.4) is 0 Å². The van der Waals surface area contributed by atoms with E-state index in [2.05, 4.69) is 9.97 Å². The molecule has 1 aromatic rings. The molecule has 0 saturated carbocycles. The number of carbonyl (C=O) groups excluding carboxylic acids is 1. The minimum absolute atomic E-state index is 0.0981. The highest BCUT2D eigenvalue weighted by Crippen LogP contribution is 2.22. The van der Waals surface area contributed by atoms with Crippen molar-refractivity contribution in [3.05, 3.63) is 11.8 Å². The number of carbonyl (C=O) groups is 1. The Morgan fingerprint density at radius 1 is 1.58 bits per heavy atom. The molecule has 0 spiro atoms. The van der Waals surface area contributed by atoms with Crippen LogP contribution in [0.15, 0.2) is 6.07 Å². The number of nitrogens with zero attached hydrogens (tertiary/aromatic N) is 3. The van der Waals surface area contributed by atoms with Crippen LogP contribution in [-0.2, 0) is 9.53 Å². The SMILES string of the molecule is CCOC(=O)[C@@H]1CCCN(c2nc(C)cc(N)n2)C1. The van der Waals surface area contributed by atoms with Gasteiger partial charge in [-0.1, -0.05) is 0 Å². The summed E-state index contributed by atoms with van der Waals surface area (Å²) in [6.07, 6.45) is 1.79. The second-order valence-electron chi connectivity index (χ2n) is 4.77. The topological polar surface area (TPSA) is 81.3 Å². The highest BCUT2D eigenvalue weighted by atomic mass is 16.5. The molecule has 104 valence electrons. The second kappa shape index (κ2) is 5.86. The lowest BCUT2D eigenvalue weighted by Gasteiger charge is -2.31. The van der Waals surface area contributed by atoms with Gasteiger partial charge in [0.1, 0.15) is 5.82 Å². The van der Waals surface area contributed by atoms with E-state index in [0.29, 0.717) is 24.9 Å². The number of hydrogen-bond donors (Lipinski definition) is 1. The van der Waals surface area contributed by atoms with Gasteiger partial charge in [0.25, 0.3) is 0 Å². The largest absolute Gasteiger partial charge is 0.466 e. The molecule has 0 amide bonds. The quantitative estimate of drug-likeness (QED) is 0.825. The van der Waals surface area contributed by atoms with Crippen LogP contribution in [0, 0.1) is 12.8 Å². The molecule has 6 heteroatoms. The molecule has 1 aliphatic heterocycles. The van der Waals surface area contributed by atoms with Crippen molar-refractivity contribution in [2.75, 3.05) is 30.3 Å². The summed E-state index contributed by atoms with van der Waals surface area (Å²) in [5, 5.41) is 0. The second-order valence-corrected chi connectivity index (χ2v) is 4.77. The molecule has 0 radical (unpaired) electrons. The van der Waals surface area contributed by atoms with Crippen LogP contribution in [0.1, 0.15) is 25.5 Å². The minimum Gasteiger partial charge on any atom is -0.466 e. The Balaban J connectivity index is 2.10. The van der Waals surface area contributed by atoms with E-state index in [-0.39, 0.29) is 11.9 Å². The average molecular weight is 264 g/mol. The highest BCUT2D eigenvalue weighted by molar-refractivity contribution is 5.73. The van der Waals surface area contributed by atoms with E-state index in [0.717, 1.165) is 25.1 Å². The van der Waals surface area contributed by atoms with E-state index in [4.69, 9.17) is 10.5 Å². The van der Waals surface area contributed by atoms with Gasteiger partial charge in [-0.15, -0.1) is 0 Å². The first kappa shape index (κ1) is 13.6. The number of anilines is 2. The van der Waals surface area contributed by atoms with Crippen LogP contribution in [0.4, 0.5) is 11.8 Å². The molecule has 1 atom stereocenters. The summed E-state index contributed by atoms with van der Waals surface area (Å²) in [6.45, 7) is 5.57. The van der Waals surface area contributed by atoms with Gasteiger partial charge >= 0.3 is 5.97 Å². The highest BCUT2D eigenvalue weighted by Gasteiger charge is 2.28. The minimum atomic E-state index is -0.132. The molecular formula is C13H20N4O2. The monoisotopic (exact) mass is 264 g/mol. The van der Waals surface area contributed by atoms with Gasteiger partial charge in [-0.3, -0.25) is 4.79 Å². The standard InChI is InChI=1S/C13H20N4O2/c1-3-19-12(18)10-5-4-6-17(8-10)13-15-9(2)7-11(14)16-13/h7,10H,3-6,8H2,1-2H3,(H2,14,15,16)/t10-/m1/s1. The molecule has 1 aromatic heterocycles. The molecular weight excluding hydrogens is 244 g/mol. The van der Waals surface area contributed by atoms with Crippen molar-refractivity contribution < 1.29 is 9.53 Å². The molecule has 1 fully saturated rings. The number of hydrogen-bond acceptors (Lipinski definition) is 6. The zero-order chi connectivity index (χ0) is 13.8. The Kier molecular flexibility index (Phi) is 4.19. The average Bonchev–Trinajstić information content (AvgIpc) is 2.38. The molecule has 2 rings (SSSR count). The molecule has 0 aromatic carbocycles. The third-order valence-electron chi connectivity index (χ3n) is 3.19. The lowest BCUT2D eigenvalue weighted by Crippen LogP contribution is -2.40. The molecule has 0 aliphatic carbocycles. The Morgan fingerprint density at radius 2 is 2.37 bits per heavy atom. The van der Waals surface area contributed by atoms with Crippen LogP contribution in [-0.4, -0.2) is 35.6 Å². The van der Waals surface area contributed by atoms with Gasteiger partial charge in [-0.2, -0.15) is 4.98 Å². The molecule has 1 aliphatic rings. The Hall–Kier alpha value is -1.85. The number of aromatic nitrogens is 2. The molecule has 2 N–H and O–H groups in total. The fourth-order valence-electron chi connectivity index (χ4n) is 2.33. The van der Waals surface area contributed by atoms with Crippen molar-refractivity contribution in [1.29, 1.82) is 0 Å². The van der Waals surface area contributed by atoms with Gasteiger partial charge in [0.05, 0.1) is 12.5 Å². The smallest absolute Gasteiger partial charge is 0.310 e. The van der Waals surface area contributed by atoms with Gasteiger partial charge in [-0.05, 0) is 26.7 Å². The zero-order valence-corrected chi connectivity index (χ0v) is 11.4. The van der Waals surface area contributed by atoms with E-state index in [1.165, 1.54) is 0 Å². The normalized spacial score (nSPS) is 19.3. The summed E-state index contributed by atoms with van der Waals surface area (Å²) in [7, 11) is 0. The van der Waals surface area contributed by atoms with Gasteiger partial charge in [0.2, 0.25) is 5.95 Å². The number of nitrogen functional groups attached to an aromatic ring is 1. The van der Waals surface area contributed by atoms with Crippen molar-refractivity contribution in [2.24, 2.45) is 5.92 Å². The van der Waals surface area contributed by atoms with Crippen molar-refractivity contribution in [3.8, 4) is 0 Å². The van der Waals surface area contributed by atoms with Gasteiger partial charge in [-0.25, -0.2) is 4.98 Å². The molecule has 19 heavy (non-hydrogen) atoms. The Labute approximate surface area is 113 Å². The van der Waals surface area contributed by atoms with E-state index in [9.17, 15) is 4.79 Å². The van der Waals surface area contributed by atoms with Crippen LogP contribution < -0.4 is 10.6 Å². The van der Waals surface area contributed by atoms with Crippen molar-refractivity contribution in [2.45, 2.75) is 26.7 Å². The van der Waals surface area contributed by atoms with E-state index >= 15 is 0 Å². The van der Waals surface area contributed by atoms with Crippen LogP contribution in [0.2, 0.25) is 0 Å². The first-order valence-corrected chi connectivity index (χ1v) is 6.63. The predicted octanol–water partition coefficient (Wildman–Crippen LogP) is 1.15. The summed E-state index contributed by atoms with van der Waals surface area (Å²) < 4.78 is 5.08. The number of piperidine rings is 1. The van der Waals surface area contributed by atoms with E-state index in [1.807, 2.05) is 18.7 Å². The molecule has 6 nitrogen and oxygen atoms in total. The maximum atomic E-state index is 11.8. The van der Waals surface area contributed by atoms with Crippen LogP contribution >= 0.6 is 0 Å². The van der Waals surface area contributed by atoms with Crippen molar-refractivity contribution in [1.82, 2.24) is 9.97 Å². The molecule has 2 heterocycles. The Morgan fingerprint density at radius 3 is 3.05 bits per heavy atom. The summed E-state index contributed by atoms with van der Waals surface area (Å²) in [6, 6.07) is 1.73. The van der Waals surface area contributed by atoms with Crippen molar-refractivity contribution >= 4 is 17.7 Å². The van der Waals surface area contributed by atoms with Gasteiger partial charge in [0.15, 0.2) is 0 Å². The molecule has 0 bridgehead atoms. The predicted molar refractivity (Wildman–Crippen MR) is 72.8 cm³/mol. The fourth-order valence-corrected chi connectivity index (χ4v) is 2.33. The lowest BCUT2D eigenvalue weighted by molar-refractivity contribution is -0.148. The summed E-state index contributed by atoms with van der Waals surface area (Å²) >= 11 is 0. The molecule has 0 unspecified atom stereocenters. The summed E-state index contributed by atoms with van der Waals surface area (Å²) in [4.78, 5) is 22.4. The van der Waals surface area contributed by atoms with E-state index in [1.54, 1.807) is 6.07 Å². The van der Waals surface area contributed by atoms with Crippen molar-refractivity contribution in [3.63, 3.8) is 0 Å². The van der Waals surface area contributed by atoms with Gasteiger partial charge < -0.3 is 15.4 Å².